The van der Waals surface area contributed by atoms with E-state index >= 15 is 0 Å². The Kier molecular flexibility index (Phi) is 10.0. The average Bonchev–Trinajstić information content (AvgIpc) is 2.79. The quantitative estimate of drug-likeness (QED) is 0.349. The number of benzene rings is 1. The van der Waals surface area contributed by atoms with Gasteiger partial charge in [0.15, 0.2) is 11.7 Å². The molecule has 0 radical (unpaired) electrons. The Morgan fingerprint density at radius 3 is 2.08 bits per heavy atom. The van der Waals surface area contributed by atoms with E-state index in [0.717, 1.165) is 18.1 Å². The molecule has 1 aromatic rings. The second kappa shape index (κ2) is 12.2. The molecule has 0 aromatic heterocycles. The van der Waals surface area contributed by atoms with Gasteiger partial charge in [-0.25, -0.2) is 9.59 Å². The van der Waals surface area contributed by atoms with Gasteiger partial charge in [-0.2, -0.15) is 13.2 Å². The van der Waals surface area contributed by atoms with Gasteiger partial charge in [0.05, 0.1) is 5.41 Å². The van der Waals surface area contributed by atoms with Crippen LogP contribution >= 0.6 is 0 Å². The minimum Gasteiger partial charge on any atom is -0.476 e. The van der Waals surface area contributed by atoms with E-state index in [4.69, 9.17) is 14.2 Å². The fourth-order valence-corrected chi connectivity index (χ4v) is 3.35. The van der Waals surface area contributed by atoms with Crippen LogP contribution in [-0.4, -0.2) is 78.7 Å². The second-order valence-electron chi connectivity index (χ2n) is 10.8. The average molecular weight is 547 g/mol. The van der Waals surface area contributed by atoms with Crippen LogP contribution in [0.2, 0.25) is 0 Å². The third kappa shape index (κ3) is 9.07. The number of rotatable bonds is 8. The first-order chi connectivity index (χ1) is 17.4. The number of amides is 1. The van der Waals surface area contributed by atoms with Gasteiger partial charge in [0, 0.05) is 38.3 Å². The van der Waals surface area contributed by atoms with E-state index in [1.807, 2.05) is 24.0 Å². The number of hydrogen-bond donors (Lipinski definition) is 0. The molecule has 1 saturated heterocycles. The number of hydrogen-bond acceptors (Lipinski definition) is 8. The Bertz CT molecular complexity index is 998. The maximum atomic E-state index is 12.7. The molecule has 1 aromatic carbocycles. The molecule has 0 N–H and O–H groups in total. The van der Waals surface area contributed by atoms with Crippen LogP contribution in [0.25, 0.3) is 0 Å². The highest BCUT2D eigenvalue weighted by Gasteiger charge is 2.40. The summed E-state index contributed by atoms with van der Waals surface area (Å²) in [6.45, 7) is 11.9. The Hall–Kier alpha value is -3.02. The van der Waals surface area contributed by atoms with E-state index < -0.39 is 48.1 Å². The van der Waals surface area contributed by atoms with Crippen molar-refractivity contribution in [2.24, 2.45) is 5.41 Å². The molecule has 2 rings (SSSR count). The lowest BCUT2D eigenvalue weighted by Crippen LogP contribution is -2.49. The molecule has 9 nitrogen and oxygen atoms in total. The van der Waals surface area contributed by atoms with E-state index in [9.17, 15) is 27.6 Å². The van der Waals surface area contributed by atoms with Gasteiger partial charge in [0.2, 0.25) is 6.79 Å². The lowest BCUT2D eigenvalue weighted by Gasteiger charge is -2.35. The van der Waals surface area contributed by atoms with Crippen molar-refractivity contribution in [3.8, 4) is 5.75 Å². The van der Waals surface area contributed by atoms with Gasteiger partial charge < -0.3 is 23.8 Å². The Morgan fingerprint density at radius 2 is 1.53 bits per heavy atom. The smallest absolute Gasteiger partial charge is 0.425 e. The fraction of sp³-hybridized carbons (Fsp3) is 0.654. The molecular weight excluding hydrogens is 509 g/mol. The Labute approximate surface area is 221 Å². The maximum Gasteiger partial charge on any atom is 0.425 e. The van der Waals surface area contributed by atoms with E-state index in [2.05, 4.69) is 4.74 Å². The van der Waals surface area contributed by atoms with E-state index in [1.54, 1.807) is 40.7 Å². The zero-order chi connectivity index (χ0) is 28.9. The SMILES string of the molecule is Cc1ccc(CN2CCN(C(=O)OC(C)C(F)(F)F)CC2)c(OC(C)(C)C(=O)OCOC(=O)C(C)(C)C)c1. The molecule has 1 atom stereocenters. The van der Waals surface area contributed by atoms with Crippen LogP contribution in [0, 0.1) is 12.3 Å². The summed E-state index contributed by atoms with van der Waals surface area (Å²) < 4.78 is 58.7. The van der Waals surface area contributed by atoms with Crippen LogP contribution in [0.5, 0.6) is 5.75 Å². The van der Waals surface area contributed by atoms with E-state index in [0.29, 0.717) is 25.4 Å². The number of piperazine rings is 1. The molecule has 0 saturated carbocycles. The molecule has 1 aliphatic heterocycles. The zero-order valence-corrected chi connectivity index (χ0v) is 22.9. The van der Waals surface area contributed by atoms with Gasteiger partial charge in [-0.15, -0.1) is 0 Å². The molecule has 38 heavy (non-hydrogen) atoms. The standard InChI is InChI=1S/C26H37F3N2O7/c1-17-8-9-19(15-30-10-12-31(13-11-30)23(34)37-18(2)26(27,28)29)20(14-17)38-25(6,7)22(33)36-16-35-21(32)24(3,4)5/h8-9,14,18H,10-13,15-16H2,1-7H3. The predicted molar refractivity (Wildman–Crippen MR) is 131 cm³/mol. The minimum atomic E-state index is -4.61. The number of halogens is 3. The van der Waals surface area contributed by atoms with Crippen molar-refractivity contribution in [1.82, 2.24) is 9.80 Å². The lowest BCUT2D eigenvalue weighted by atomic mass is 9.98. The summed E-state index contributed by atoms with van der Waals surface area (Å²) in [4.78, 5) is 39.9. The number of nitrogens with zero attached hydrogens (tertiary/aromatic N) is 2. The van der Waals surface area contributed by atoms with Crippen molar-refractivity contribution in [3.05, 3.63) is 29.3 Å². The third-order valence-corrected chi connectivity index (χ3v) is 5.83. The summed E-state index contributed by atoms with van der Waals surface area (Å²) in [7, 11) is 0. The zero-order valence-electron chi connectivity index (χ0n) is 22.9. The molecular formula is C26H37F3N2O7. The highest BCUT2D eigenvalue weighted by molar-refractivity contribution is 5.79. The number of carbonyl (C=O) groups is 3. The topological polar surface area (TPSA) is 94.6 Å². The molecule has 214 valence electrons. The van der Waals surface area contributed by atoms with Crippen molar-refractivity contribution >= 4 is 18.0 Å². The van der Waals surface area contributed by atoms with Crippen LogP contribution < -0.4 is 4.74 Å². The number of esters is 2. The lowest BCUT2D eigenvalue weighted by molar-refractivity contribution is -0.200. The monoisotopic (exact) mass is 546 g/mol. The van der Waals surface area contributed by atoms with Crippen molar-refractivity contribution < 1.29 is 46.5 Å². The van der Waals surface area contributed by atoms with Gasteiger partial charge in [-0.3, -0.25) is 9.69 Å². The summed E-state index contributed by atoms with van der Waals surface area (Å²) in [6.07, 6.45) is -7.79. The van der Waals surface area contributed by atoms with E-state index in [1.165, 1.54) is 4.90 Å². The van der Waals surface area contributed by atoms with Crippen molar-refractivity contribution in [2.75, 3.05) is 33.0 Å². The van der Waals surface area contributed by atoms with Gasteiger partial charge >= 0.3 is 24.2 Å². The normalized spacial score (nSPS) is 16.0. The summed E-state index contributed by atoms with van der Waals surface area (Å²) in [5, 5.41) is 0. The van der Waals surface area contributed by atoms with E-state index in [-0.39, 0.29) is 13.1 Å². The molecule has 1 aliphatic rings. The molecule has 1 fully saturated rings. The molecule has 0 bridgehead atoms. The van der Waals surface area contributed by atoms with Crippen LogP contribution in [0.1, 0.15) is 52.7 Å². The Balaban J connectivity index is 1.97. The van der Waals surface area contributed by atoms with Gasteiger partial charge in [0.1, 0.15) is 5.75 Å². The van der Waals surface area contributed by atoms with Crippen LogP contribution in [0.4, 0.5) is 18.0 Å². The van der Waals surface area contributed by atoms with Crippen molar-refractivity contribution in [3.63, 3.8) is 0 Å². The fourth-order valence-electron chi connectivity index (χ4n) is 3.35. The molecule has 0 aliphatic carbocycles. The third-order valence-electron chi connectivity index (χ3n) is 5.83. The molecule has 1 unspecified atom stereocenters. The van der Waals surface area contributed by atoms with Gasteiger partial charge in [0.25, 0.3) is 0 Å². The number of aryl methyl sites for hydroxylation is 1. The molecule has 1 heterocycles. The van der Waals surface area contributed by atoms with Crippen molar-refractivity contribution in [1.29, 1.82) is 0 Å². The molecule has 1 amide bonds. The van der Waals surface area contributed by atoms with Crippen LogP contribution in [0.3, 0.4) is 0 Å². The summed E-state index contributed by atoms with van der Waals surface area (Å²) >= 11 is 0. The largest absolute Gasteiger partial charge is 0.476 e. The summed E-state index contributed by atoms with van der Waals surface area (Å²) in [5.41, 5.74) is -0.452. The summed E-state index contributed by atoms with van der Waals surface area (Å²) in [5.74, 6) is -0.764. The highest BCUT2D eigenvalue weighted by atomic mass is 19.4. The van der Waals surface area contributed by atoms with Gasteiger partial charge in [-0.1, -0.05) is 12.1 Å². The molecule has 12 heteroatoms. The maximum absolute atomic E-state index is 12.7. The molecule has 0 spiro atoms. The van der Waals surface area contributed by atoms with Gasteiger partial charge in [-0.05, 0) is 60.1 Å². The first kappa shape index (κ1) is 31.2. The van der Waals surface area contributed by atoms with Crippen LogP contribution in [0.15, 0.2) is 18.2 Å². The van der Waals surface area contributed by atoms with Crippen LogP contribution in [-0.2, 0) is 30.3 Å². The number of carbonyl (C=O) groups excluding carboxylic acids is 3. The second-order valence-corrected chi connectivity index (χ2v) is 10.8. The minimum absolute atomic E-state index is 0.205. The predicted octanol–water partition coefficient (Wildman–Crippen LogP) is 4.45. The highest BCUT2D eigenvalue weighted by Crippen LogP contribution is 2.28. The number of ether oxygens (including phenoxy) is 4. The summed E-state index contributed by atoms with van der Waals surface area (Å²) in [6, 6.07) is 5.55. The number of alkyl halides is 3. The van der Waals surface area contributed by atoms with Crippen molar-refractivity contribution in [2.45, 2.75) is 72.9 Å². The first-order valence-corrected chi connectivity index (χ1v) is 12.3. The Morgan fingerprint density at radius 1 is 0.947 bits per heavy atom. The first-order valence-electron chi connectivity index (χ1n) is 12.3.